The number of furan rings is 2. The maximum Gasteiger partial charge on any atom is 0.289 e. The molecule has 1 fully saturated rings. The van der Waals surface area contributed by atoms with E-state index in [0.717, 1.165) is 16.3 Å². The predicted molar refractivity (Wildman–Crippen MR) is 131 cm³/mol. The van der Waals surface area contributed by atoms with Crippen LogP contribution in [0.1, 0.15) is 33.8 Å². The molecule has 0 spiro atoms. The van der Waals surface area contributed by atoms with Gasteiger partial charge in [-0.05, 0) is 43.3 Å². The molecule has 0 N–H and O–H groups in total. The number of rotatable bonds is 6. The summed E-state index contributed by atoms with van der Waals surface area (Å²) in [6.07, 6.45) is 1.48. The molecule has 178 valence electrons. The van der Waals surface area contributed by atoms with Gasteiger partial charge >= 0.3 is 0 Å². The van der Waals surface area contributed by atoms with Crippen molar-refractivity contribution < 1.29 is 18.4 Å². The molecule has 0 bridgehead atoms. The summed E-state index contributed by atoms with van der Waals surface area (Å²) < 4.78 is 11.1. The summed E-state index contributed by atoms with van der Waals surface area (Å²) in [6.45, 7) is 3.23. The van der Waals surface area contributed by atoms with Gasteiger partial charge in [0.1, 0.15) is 10.8 Å². The van der Waals surface area contributed by atoms with Gasteiger partial charge in [-0.25, -0.2) is 0 Å². The molecule has 2 amide bonds. The van der Waals surface area contributed by atoms with Crippen LogP contribution in [0.3, 0.4) is 0 Å². The monoisotopic (exact) mass is 488 g/mol. The number of amides is 2. The second kappa shape index (κ2) is 10.2. The molecule has 0 radical (unpaired) electrons. The fourth-order valence-electron chi connectivity index (χ4n) is 4.02. The molecule has 4 heterocycles. The standard InChI is InChI=1S/C26H24N4O4S/c1-18-16-29(13-14-30(18)26(32)22-8-5-15-33-22)25(31)23-11-9-20(34-23)17-35-24-12-10-21(27-28-24)19-6-3-2-4-7-19/h2-12,15,18H,13-14,16-17H2,1H3/t18-/m1/s1. The molecule has 1 atom stereocenters. The average molecular weight is 489 g/mol. The maximum absolute atomic E-state index is 13.0. The van der Waals surface area contributed by atoms with Crippen LogP contribution in [0.15, 0.2) is 86.9 Å². The third-order valence-corrected chi connectivity index (χ3v) is 6.79. The first-order chi connectivity index (χ1) is 17.1. The molecule has 0 saturated carbocycles. The van der Waals surface area contributed by atoms with E-state index in [0.29, 0.717) is 42.7 Å². The van der Waals surface area contributed by atoms with E-state index >= 15 is 0 Å². The third-order valence-electron chi connectivity index (χ3n) is 5.85. The van der Waals surface area contributed by atoms with Gasteiger partial charge in [-0.2, -0.15) is 0 Å². The highest BCUT2D eigenvalue weighted by Gasteiger charge is 2.32. The minimum atomic E-state index is -0.176. The lowest BCUT2D eigenvalue weighted by Crippen LogP contribution is -2.55. The Kier molecular flexibility index (Phi) is 6.67. The van der Waals surface area contributed by atoms with E-state index < -0.39 is 0 Å². The number of aromatic nitrogens is 2. The third kappa shape index (κ3) is 5.14. The fraction of sp³-hybridized carbons (Fsp3) is 0.231. The minimum absolute atomic E-state index is 0.132. The van der Waals surface area contributed by atoms with Crippen LogP contribution < -0.4 is 0 Å². The van der Waals surface area contributed by atoms with Crippen LogP contribution >= 0.6 is 11.8 Å². The number of piperazine rings is 1. The van der Waals surface area contributed by atoms with Crippen molar-refractivity contribution in [3.63, 3.8) is 0 Å². The summed E-state index contributed by atoms with van der Waals surface area (Å²) in [4.78, 5) is 29.0. The van der Waals surface area contributed by atoms with Crippen molar-refractivity contribution in [3.05, 3.63) is 90.3 Å². The van der Waals surface area contributed by atoms with Crippen molar-refractivity contribution in [1.29, 1.82) is 0 Å². The molecule has 5 rings (SSSR count). The topological polar surface area (TPSA) is 92.7 Å². The second-order valence-corrected chi connectivity index (χ2v) is 9.25. The SMILES string of the molecule is C[C@@H]1CN(C(=O)c2ccc(CSc3ccc(-c4ccccc4)nn3)o2)CCN1C(=O)c1ccco1. The summed E-state index contributed by atoms with van der Waals surface area (Å²) in [5, 5.41) is 9.37. The normalized spacial score (nSPS) is 15.9. The Morgan fingerprint density at radius 3 is 2.51 bits per heavy atom. The Balaban J connectivity index is 1.15. The van der Waals surface area contributed by atoms with Crippen LogP contribution in [0, 0.1) is 0 Å². The van der Waals surface area contributed by atoms with Gasteiger partial charge in [0.25, 0.3) is 11.8 Å². The van der Waals surface area contributed by atoms with Crippen LogP contribution in [-0.4, -0.2) is 57.5 Å². The molecule has 3 aromatic heterocycles. The van der Waals surface area contributed by atoms with Crippen molar-refractivity contribution in [3.8, 4) is 11.3 Å². The van der Waals surface area contributed by atoms with E-state index in [4.69, 9.17) is 8.83 Å². The molecule has 0 aliphatic carbocycles. The van der Waals surface area contributed by atoms with E-state index in [-0.39, 0.29) is 17.9 Å². The van der Waals surface area contributed by atoms with E-state index in [1.165, 1.54) is 18.0 Å². The van der Waals surface area contributed by atoms with Crippen molar-refractivity contribution >= 4 is 23.6 Å². The largest absolute Gasteiger partial charge is 0.459 e. The Morgan fingerprint density at radius 2 is 1.80 bits per heavy atom. The molecule has 8 nitrogen and oxygen atoms in total. The van der Waals surface area contributed by atoms with Crippen LogP contribution in [0.25, 0.3) is 11.3 Å². The number of hydrogen-bond acceptors (Lipinski definition) is 7. The van der Waals surface area contributed by atoms with Gasteiger partial charge in [0, 0.05) is 31.2 Å². The van der Waals surface area contributed by atoms with Crippen LogP contribution in [0.5, 0.6) is 0 Å². The Bertz CT molecular complexity index is 1290. The van der Waals surface area contributed by atoms with Gasteiger partial charge in [0.2, 0.25) is 0 Å². The number of nitrogens with zero attached hydrogens (tertiary/aromatic N) is 4. The zero-order valence-corrected chi connectivity index (χ0v) is 20.0. The predicted octanol–water partition coefficient (Wildman–Crippen LogP) is 4.61. The van der Waals surface area contributed by atoms with E-state index in [9.17, 15) is 9.59 Å². The number of thioether (sulfide) groups is 1. The summed E-state index contributed by atoms with van der Waals surface area (Å²) in [6, 6.07) is 20.5. The number of hydrogen-bond donors (Lipinski definition) is 0. The molecule has 0 unspecified atom stereocenters. The van der Waals surface area contributed by atoms with E-state index in [1.807, 2.05) is 55.5 Å². The number of carbonyl (C=O) groups excluding carboxylic acids is 2. The number of benzene rings is 1. The Hall–Kier alpha value is -3.85. The molecule has 1 aliphatic heterocycles. The quantitative estimate of drug-likeness (QED) is 0.366. The highest BCUT2D eigenvalue weighted by Crippen LogP contribution is 2.25. The average Bonchev–Trinajstić information content (AvgIpc) is 3.60. The molecule has 9 heteroatoms. The Morgan fingerprint density at radius 1 is 0.943 bits per heavy atom. The van der Waals surface area contributed by atoms with Crippen LogP contribution in [0.4, 0.5) is 0 Å². The van der Waals surface area contributed by atoms with Crippen LogP contribution in [-0.2, 0) is 5.75 Å². The highest BCUT2D eigenvalue weighted by molar-refractivity contribution is 7.98. The lowest BCUT2D eigenvalue weighted by Gasteiger charge is -2.39. The van der Waals surface area contributed by atoms with Gasteiger partial charge in [-0.1, -0.05) is 42.1 Å². The lowest BCUT2D eigenvalue weighted by atomic mass is 10.1. The zero-order valence-electron chi connectivity index (χ0n) is 19.2. The zero-order chi connectivity index (χ0) is 24.2. The Labute approximate surface area is 206 Å². The van der Waals surface area contributed by atoms with Gasteiger partial charge in [-0.15, -0.1) is 10.2 Å². The van der Waals surface area contributed by atoms with Crippen molar-refractivity contribution in [1.82, 2.24) is 20.0 Å². The van der Waals surface area contributed by atoms with Crippen molar-refractivity contribution in [2.45, 2.75) is 23.7 Å². The molecule has 35 heavy (non-hydrogen) atoms. The molecular formula is C26H24N4O4S. The second-order valence-electron chi connectivity index (χ2n) is 8.25. The van der Waals surface area contributed by atoms with Gasteiger partial charge in [-0.3, -0.25) is 9.59 Å². The molecule has 1 aromatic carbocycles. The molecule has 1 aliphatic rings. The van der Waals surface area contributed by atoms with Crippen molar-refractivity contribution in [2.24, 2.45) is 0 Å². The molecule has 4 aromatic rings. The molecule has 1 saturated heterocycles. The first-order valence-electron chi connectivity index (χ1n) is 11.3. The molecular weight excluding hydrogens is 464 g/mol. The maximum atomic E-state index is 13.0. The van der Waals surface area contributed by atoms with Gasteiger partial charge < -0.3 is 18.6 Å². The van der Waals surface area contributed by atoms with Crippen LogP contribution in [0.2, 0.25) is 0 Å². The van der Waals surface area contributed by atoms with E-state index in [1.54, 1.807) is 28.0 Å². The van der Waals surface area contributed by atoms with E-state index in [2.05, 4.69) is 10.2 Å². The van der Waals surface area contributed by atoms with Gasteiger partial charge in [0.15, 0.2) is 11.5 Å². The summed E-state index contributed by atoms with van der Waals surface area (Å²) in [5.74, 6) is 1.49. The first kappa shape index (κ1) is 22.9. The van der Waals surface area contributed by atoms with Crippen molar-refractivity contribution in [2.75, 3.05) is 19.6 Å². The van der Waals surface area contributed by atoms with Gasteiger partial charge in [0.05, 0.1) is 17.7 Å². The smallest absolute Gasteiger partial charge is 0.289 e. The minimum Gasteiger partial charge on any atom is -0.459 e. The summed E-state index contributed by atoms with van der Waals surface area (Å²) in [5.41, 5.74) is 1.84. The summed E-state index contributed by atoms with van der Waals surface area (Å²) in [7, 11) is 0. The first-order valence-corrected chi connectivity index (χ1v) is 12.3. The highest BCUT2D eigenvalue weighted by atomic mass is 32.2. The number of carbonyl (C=O) groups is 2. The fourth-order valence-corrected chi connectivity index (χ4v) is 4.72. The lowest BCUT2D eigenvalue weighted by molar-refractivity contribution is 0.0381. The summed E-state index contributed by atoms with van der Waals surface area (Å²) >= 11 is 1.50.